The molecular formula is C14H20F3NO. The van der Waals surface area contributed by atoms with Crippen LogP contribution >= 0.6 is 0 Å². The molecule has 0 aromatic heterocycles. The number of benzene rings is 1. The summed E-state index contributed by atoms with van der Waals surface area (Å²) in [5, 5.41) is 9.17. The molecule has 1 aromatic rings. The third kappa shape index (κ3) is 3.28. The highest BCUT2D eigenvalue weighted by molar-refractivity contribution is 5.33. The van der Waals surface area contributed by atoms with E-state index >= 15 is 0 Å². The summed E-state index contributed by atoms with van der Waals surface area (Å²) in [6, 6.07) is 4.98. The predicted molar refractivity (Wildman–Crippen MR) is 68.8 cm³/mol. The summed E-state index contributed by atoms with van der Waals surface area (Å²) < 4.78 is 37.6. The molecule has 0 radical (unpaired) electrons. The number of nitrogens with two attached hydrogens (primary N) is 1. The van der Waals surface area contributed by atoms with Gasteiger partial charge >= 0.3 is 6.18 Å². The first-order valence-electron chi connectivity index (χ1n) is 6.10. The average molecular weight is 275 g/mol. The zero-order chi connectivity index (χ0) is 14.9. The molecule has 2 nitrogen and oxygen atoms in total. The van der Waals surface area contributed by atoms with Gasteiger partial charge in [-0.3, -0.25) is 0 Å². The molecule has 0 spiro atoms. The summed E-state index contributed by atoms with van der Waals surface area (Å²) in [5.41, 5.74) is 4.89. The number of aliphatic hydroxyl groups excluding tert-OH is 1. The summed E-state index contributed by atoms with van der Waals surface area (Å²) in [6.45, 7) is 5.39. The first-order chi connectivity index (χ1) is 8.52. The monoisotopic (exact) mass is 275 g/mol. The Morgan fingerprint density at radius 1 is 1.00 bits per heavy atom. The molecule has 0 heterocycles. The molecule has 3 N–H and O–H groups in total. The molecule has 1 rings (SSSR count). The maximum absolute atomic E-state index is 12.5. The van der Waals surface area contributed by atoms with Gasteiger partial charge in [0.2, 0.25) is 0 Å². The number of hydrogen-bond donors (Lipinski definition) is 2. The molecule has 108 valence electrons. The van der Waals surface area contributed by atoms with E-state index in [0.717, 1.165) is 12.1 Å². The third-order valence-corrected chi connectivity index (χ3v) is 3.88. The highest BCUT2D eigenvalue weighted by atomic mass is 19.4. The van der Waals surface area contributed by atoms with Crippen molar-refractivity contribution in [3.63, 3.8) is 0 Å². The van der Waals surface area contributed by atoms with Gasteiger partial charge in [0.15, 0.2) is 0 Å². The van der Waals surface area contributed by atoms with Crippen LogP contribution in [-0.2, 0) is 11.6 Å². The van der Waals surface area contributed by atoms with Gasteiger partial charge in [-0.25, -0.2) is 0 Å². The lowest BCUT2D eigenvalue weighted by atomic mass is 9.66. The lowest BCUT2D eigenvalue weighted by Gasteiger charge is -2.42. The first kappa shape index (κ1) is 16.0. The highest BCUT2D eigenvalue weighted by Gasteiger charge is 2.39. The molecule has 0 aliphatic heterocycles. The molecule has 0 fully saturated rings. The topological polar surface area (TPSA) is 46.2 Å². The van der Waals surface area contributed by atoms with Crippen LogP contribution in [0.2, 0.25) is 0 Å². The molecule has 19 heavy (non-hydrogen) atoms. The summed E-state index contributed by atoms with van der Waals surface area (Å²) in [5.74, 6) is 0. The molecule has 0 saturated carbocycles. The normalized spacial score (nSPS) is 16.2. The molecular weight excluding hydrogens is 255 g/mol. The summed E-state index contributed by atoms with van der Waals surface area (Å²) >= 11 is 0. The fourth-order valence-corrected chi connectivity index (χ4v) is 2.09. The van der Waals surface area contributed by atoms with Crippen LogP contribution in [-0.4, -0.2) is 17.3 Å². The van der Waals surface area contributed by atoms with Crippen molar-refractivity contribution in [2.75, 3.05) is 6.61 Å². The van der Waals surface area contributed by atoms with Crippen molar-refractivity contribution in [1.29, 1.82) is 0 Å². The standard InChI is InChI=1S/C14H20F3NO/c1-12(2,18)13(3,8-9-19)10-4-6-11(7-5-10)14(15,16)17/h4-7,19H,8-9,18H2,1-3H3. The van der Waals surface area contributed by atoms with Gasteiger partial charge in [-0.15, -0.1) is 0 Å². The van der Waals surface area contributed by atoms with Gasteiger partial charge in [0.1, 0.15) is 0 Å². The van der Waals surface area contributed by atoms with E-state index in [1.165, 1.54) is 12.1 Å². The van der Waals surface area contributed by atoms with E-state index in [-0.39, 0.29) is 6.61 Å². The Balaban J connectivity index is 3.20. The quantitative estimate of drug-likeness (QED) is 0.887. The van der Waals surface area contributed by atoms with Crippen LogP contribution in [0.25, 0.3) is 0 Å². The van der Waals surface area contributed by atoms with Crippen LogP contribution in [0, 0.1) is 0 Å². The predicted octanol–water partition coefficient (Wildman–Crippen LogP) is 3.08. The highest BCUT2D eigenvalue weighted by Crippen LogP contribution is 2.38. The summed E-state index contributed by atoms with van der Waals surface area (Å²) in [6.07, 6.45) is -3.95. The lowest BCUT2D eigenvalue weighted by Crippen LogP contribution is -2.52. The zero-order valence-corrected chi connectivity index (χ0v) is 11.4. The molecule has 1 atom stereocenters. The third-order valence-electron chi connectivity index (χ3n) is 3.88. The minimum atomic E-state index is -4.34. The van der Waals surface area contributed by atoms with Gasteiger partial charge < -0.3 is 10.8 Å². The van der Waals surface area contributed by atoms with Gasteiger partial charge in [-0.05, 0) is 38.0 Å². The number of halogens is 3. The van der Waals surface area contributed by atoms with Crippen LogP contribution in [0.3, 0.4) is 0 Å². The second kappa shape index (κ2) is 5.13. The van der Waals surface area contributed by atoms with Gasteiger partial charge in [-0.1, -0.05) is 19.1 Å². The summed E-state index contributed by atoms with van der Waals surface area (Å²) in [7, 11) is 0. The molecule has 0 amide bonds. The van der Waals surface area contributed by atoms with Gasteiger partial charge in [0, 0.05) is 17.6 Å². The number of aliphatic hydroxyl groups is 1. The van der Waals surface area contributed by atoms with Crippen molar-refractivity contribution >= 4 is 0 Å². The van der Waals surface area contributed by atoms with E-state index in [1.54, 1.807) is 13.8 Å². The van der Waals surface area contributed by atoms with Crippen LogP contribution < -0.4 is 5.73 Å². The minimum Gasteiger partial charge on any atom is -0.396 e. The second-order valence-electron chi connectivity index (χ2n) is 5.60. The van der Waals surface area contributed by atoms with E-state index in [4.69, 9.17) is 5.73 Å². The van der Waals surface area contributed by atoms with Gasteiger partial charge in [0.25, 0.3) is 0 Å². The Bertz CT molecular complexity index is 420. The smallest absolute Gasteiger partial charge is 0.396 e. The molecule has 0 aliphatic carbocycles. The van der Waals surface area contributed by atoms with Crippen molar-refractivity contribution in [1.82, 2.24) is 0 Å². The Morgan fingerprint density at radius 3 is 1.74 bits per heavy atom. The fraction of sp³-hybridized carbons (Fsp3) is 0.571. The van der Waals surface area contributed by atoms with E-state index < -0.39 is 22.7 Å². The number of rotatable bonds is 4. The number of alkyl halides is 3. The van der Waals surface area contributed by atoms with Crippen LogP contribution in [0.1, 0.15) is 38.3 Å². The Hall–Kier alpha value is -1.07. The summed E-state index contributed by atoms with van der Waals surface area (Å²) in [4.78, 5) is 0. The lowest BCUT2D eigenvalue weighted by molar-refractivity contribution is -0.137. The van der Waals surface area contributed by atoms with Crippen LogP contribution in [0.5, 0.6) is 0 Å². The van der Waals surface area contributed by atoms with Crippen LogP contribution in [0.4, 0.5) is 13.2 Å². The Labute approximate surface area is 111 Å². The van der Waals surface area contributed by atoms with Gasteiger partial charge in [0.05, 0.1) is 5.56 Å². The van der Waals surface area contributed by atoms with E-state index in [1.807, 2.05) is 6.92 Å². The van der Waals surface area contributed by atoms with E-state index in [9.17, 15) is 18.3 Å². The maximum atomic E-state index is 12.5. The average Bonchev–Trinajstić information content (AvgIpc) is 2.27. The Morgan fingerprint density at radius 2 is 1.42 bits per heavy atom. The van der Waals surface area contributed by atoms with Crippen LogP contribution in [0.15, 0.2) is 24.3 Å². The maximum Gasteiger partial charge on any atom is 0.416 e. The fourth-order valence-electron chi connectivity index (χ4n) is 2.09. The number of hydrogen-bond acceptors (Lipinski definition) is 2. The zero-order valence-electron chi connectivity index (χ0n) is 11.4. The van der Waals surface area contributed by atoms with Crippen molar-refractivity contribution in [2.24, 2.45) is 5.73 Å². The van der Waals surface area contributed by atoms with E-state index in [0.29, 0.717) is 12.0 Å². The van der Waals surface area contributed by atoms with Crippen molar-refractivity contribution in [2.45, 2.75) is 44.3 Å². The molecule has 0 bridgehead atoms. The SMILES string of the molecule is CC(C)(N)C(C)(CCO)c1ccc(C(F)(F)F)cc1. The molecule has 0 saturated heterocycles. The van der Waals surface area contributed by atoms with Crippen molar-refractivity contribution in [3.05, 3.63) is 35.4 Å². The van der Waals surface area contributed by atoms with Crippen molar-refractivity contribution in [3.8, 4) is 0 Å². The van der Waals surface area contributed by atoms with Crippen molar-refractivity contribution < 1.29 is 18.3 Å². The van der Waals surface area contributed by atoms with E-state index in [2.05, 4.69) is 0 Å². The molecule has 0 aliphatic rings. The Kier molecular flexibility index (Phi) is 4.32. The van der Waals surface area contributed by atoms with Gasteiger partial charge in [-0.2, -0.15) is 13.2 Å². The molecule has 1 unspecified atom stereocenters. The molecule has 1 aromatic carbocycles. The largest absolute Gasteiger partial charge is 0.416 e. The second-order valence-corrected chi connectivity index (χ2v) is 5.60. The first-order valence-corrected chi connectivity index (χ1v) is 6.10. The molecule has 5 heteroatoms. The minimum absolute atomic E-state index is 0.0713.